The quantitative estimate of drug-likeness (QED) is 0.560. The zero-order valence-electron chi connectivity index (χ0n) is 18.1. The van der Waals surface area contributed by atoms with Gasteiger partial charge in [-0.3, -0.25) is 5.32 Å². The molecular weight excluding hydrogens is 408 g/mol. The van der Waals surface area contributed by atoms with Gasteiger partial charge in [-0.25, -0.2) is 19.7 Å². The number of benzene rings is 1. The Morgan fingerprint density at radius 1 is 1.00 bits per heavy atom. The summed E-state index contributed by atoms with van der Waals surface area (Å²) in [4.78, 5) is 29.8. The first-order valence-corrected chi connectivity index (χ1v) is 10.3. The highest BCUT2D eigenvalue weighted by Gasteiger charge is 2.14. The van der Waals surface area contributed by atoms with Crippen molar-refractivity contribution in [2.45, 2.75) is 0 Å². The standard InChI is InChI=1S/C22H26N8O2/c1-29-9-11-30(12-10-29)17-7-8-19(24-13-17)27-22(31)26-16-5-3-15(4-6-16)21-25-14-18(32-2)20(23)28-21/h3-8,13-14H,9-12H2,1-2H3,(H2,23,25,28)(H2,24,26,27,31). The fourth-order valence-corrected chi connectivity index (χ4v) is 3.37. The van der Waals surface area contributed by atoms with E-state index < -0.39 is 0 Å². The molecule has 0 radical (unpaired) electrons. The van der Waals surface area contributed by atoms with Crippen LogP contribution in [0, 0.1) is 0 Å². The Bertz CT molecular complexity index is 1060. The molecule has 0 saturated carbocycles. The number of carbonyl (C=O) groups is 1. The molecule has 1 fully saturated rings. The number of carbonyl (C=O) groups excluding carboxylic acids is 1. The maximum absolute atomic E-state index is 12.3. The molecule has 1 aliphatic heterocycles. The second kappa shape index (κ2) is 9.48. The van der Waals surface area contributed by atoms with Gasteiger partial charge in [0.05, 0.1) is 25.2 Å². The van der Waals surface area contributed by atoms with Crippen LogP contribution >= 0.6 is 0 Å². The molecular formula is C22H26N8O2. The zero-order valence-corrected chi connectivity index (χ0v) is 18.1. The fourth-order valence-electron chi connectivity index (χ4n) is 3.37. The average molecular weight is 435 g/mol. The van der Waals surface area contributed by atoms with Gasteiger partial charge in [0.25, 0.3) is 0 Å². The molecule has 3 aromatic rings. The molecule has 2 aromatic heterocycles. The first-order chi connectivity index (χ1) is 15.5. The number of ether oxygens (including phenoxy) is 1. The molecule has 3 heterocycles. The summed E-state index contributed by atoms with van der Waals surface area (Å²) in [6.07, 6.45) is 3.32. The first-order valence-electron chi connectivity index (χ1n) is 10.3. The van der Waals surface area contributed by atoms with Crippen LogP contribution in [0.1, 0.15) is 0 Å². The molecule has 10 heteroatoms. The molecule has 4 rings (SSSR count). The summed E-state index contributed by atoms with van der Waals surface area (Å²) in [7, 11) is 3.63. The summed E-state index contributed by atoms with van der Waals surface area (Å²) in [6, 6.07) is 10.6. The van der Waals surface area contributed by atoms with E-state index in [0.717, 1.165) is 37.4 Å². The van der Waals surface area contributed by atoms with Crippen molar-refractivity contribution in [2.24, 2.45) is 0 Å². The molecule has 166 valence electrons. The highest BCUT2D eigenvalue weighted by atomic mass is 16.5. The van der Waals surface area contributed by atoms with Gasteiger partial charge in [0, 0.05) is 37.4 Å². The van der Waals surface area contributed by atoms with E-state index in [-0.39, 0.29) is 11.8 Å². The second-order valence-corrected chi connectivity index (χ2v) is 7.50. The third-order valence-corrected chi connectivity index (χ3v) is 5.26. The van der Waals surface area contributed by atoms with Gasteiger partial charge in [-0.2, -0.15) is 0 Å². The van der Waals surface area contributed by atoms with Crippen molar-refractivity contribution >= 4 is 29.0 Å². The SMILES string of the molecule is COc1cnc(-c2ccc(NC(=O)Nc3ccc(N4CCN(C)CC4)cn3)cc2)nc1N. The van der Waals surface area contributed by atoms with Crippen molar-refractivity contribution < 1.29 is 9.53 Å². The molecule has 0 unspecified atom stereocenters. The van der Waals surface area contributed by atoms with Crippen molar-refractivity contribution in [3.63, 3.8) is 0 Å². The normalized spacial score (nSPS) is 14.1. The molecule has 1 aliphatic rings. The Labute approximate surface area is 186 Å². The van der Waals surface area contributed by atoms with Crippen LogP contribution in [-0.4, -0.2) is 66.2 Å². The predicted octanol–water partition coefficient (Wildman–Crippen LogP) is 2.53. The first kappa shape index (κ1) is 21.3. The fraction of sp³-hybridized carbons (Fsp3) is 0.273. The van der Waals surface area contributed by atoms with E-state index in [1.807, 2.05) is 12.1 Å². The van der Waals surface area contributed by atoms with Gasteiger partial charge in [-0.15, -0.1) is 0 Å². The van der Waals surface area contributed by atoms with Gasteiger partial charge in [-0.05, 0) is 43.4 Å². The van der Waals surface area contributed by atoms with E-state index >= 15 is 0 Å². The van der Waals surface area contributed by atoms with Crippen LogP contribution in [0.2, 0.25) is 0 Å². The van der Waals surface area contributed by atoms with Crippen LogP contribution in [0.15, 0.2) is 48.8 Å². The maximum atomic E-state index is 12.3. The molecule has 0 bridgehead atoms. The van der Waals surface area contributed by atoms with Crippen molar-refractivity contribution in [1.29, 1.82) is 0 Å². The van der Waals surface area contributed by atoms with Gasteiger partial charge >= 0.3 is 6.03 Å². The number of rotatable bonds is 5. The monoisotopic (exact) mass is 434 g/mol. The van der Waals surface area contributed by atoms with Gasteiger partial charge in [0.1, 0.15) is 5.82 Å². The van der Waals surface area contributed by atoms with Crippen LogP contribution in [0.5, 0.6) is 5.75 Å². The Balaban J connectivity index is 1.33. The molecule has 32 heavy (non-hydrogen) atoms. The summed E-state index contributed by atoms with van der Waals surface area (Å²) in [6.45, 7) is 3.99. The van der Waals surface area contributed by atoms with Crippen LogP contribution in [-0.2, 0) is 0 Å². The lowest BCUT2D eigenvalue weighted by atomic mass is 10.2. The topological polar surface area (TPSA) is 122 Å². The summed E-state index contributed by atoms with van der Waals surface area (Å²) in [5, 5.41) is 5.54. The Morgan fingerprint density at radius 3 is 2.38 bits per heavy atom. The molecule has 4 N–H and O–H groups in total. The number of nitrogens with one attached hydrogen (secondary N) is 2. The van der Waals surface area contributed by atoms with Crippen LogP contribution in [0.4, 0.5) is 27.8 Å². The minimum absolute atomic E-state index is 0.269. The smallest absolute Gasteiger partial charge is 0.324 e. The van der Waals surface area contributed by atoms with E-state index in [1.54, 1.807) is 30.5 Å². The number of aromatic nitrogens is 3. The largest absolute Gasteiger partial charge is 0.491 e. The number of anilines is 4. The number of urea groups is 1. The lowest BCUT2D eigenvalue weighted by Crippen LogP contribution is -2.44. The van der Waals surface area contributed by atoms with Crippen LogP contribution in [0.25, 0.3) is 11.4 Å². The summed E-state index contributed by atoms with van der Waals surface area (Å²) in [5.74, 6) is 1.65. The number of piperazine rings is 1. The number of pyridine rings is 1. The van der Waals surface area contributed by atoms with Crippen LogP contribution in [0.3, 0.4) is 0 Å². The Kier molecular flexibility index (Phi) is 6.31. The number of methoxy groups -OCH3 is 1. The molecule has 0 atom stereocenters. The Morgan fingerprint density at radius 2 is 1.75 bits per heavy atom. The molecule has 10 nitrogen and oxygen atoms in total. The van der Waals surface area contributed by atoms with Crippen LogP contribution < -0.4 is 26.0 Å². The summed E-state index contributed by atoms with van der Waals surface area (Å²) < 4.78 is 5.08. The highest BCUT2D eigenvalue weighted by Crippen LogP contribution is 2.23. The van der Waals surface area contributed by atoms with E-state index in [4.69, 9.17) is 10.5 Å². The molecule has 1 aromatic carbocycles. The number of likely N-dealkylation sites (N-methyl/N-ethyl adjacent to an activating group) is 1. The molecule has 0 spiro atoms. The Hall–Kier alpha value is -3.92. The number of nitrogens with zero attached hydrogens (tertiary/aromatic N) is 5. The van der Waals surface area contributed by atoms with Gasteiger partial charge in [0.2, 0.25) is 0 Å². The van der Waals surface area contributed by atoms with E-state index in [1.165, 1.54) is 13.3 Å². The number of hydrogen-bond acceptors (Lipinski definition) is 8. The lowest BCUT2D eigenvalue weighted by Gasteiger charge is -2.33. The van der Waals surface area contributed by atoms with E-state index in [0.29, 0.717) is 23.1 Å². The average Bonchev–Trinajstić information content (AvgIpc) is 2.80. The number of hydrogen-bond donors (Lipinski definition) is 3. The lowest BCUT2D eigenvalue weighted by molar-refractivity contribution is 0.262. The molecule has 0 aliphatic carbocycles. The number of nitrogens with two attached hydrogens (primary N) is 1. The van der Waals surface area contributed by atoms with Crippen molar-refractivity contribution in [2.75, 3.05) is 61.6 Å². The van der Waals surface area contributed by atoms with Crippen molar-refractivity contribution in [1.82, 2.24) is 19.9 Å². The zero-order chi connectivity index (χ0) is 22.5. The van der Waals surface area contributed by atoms with E-state index in [9.17, 15) is 4.79 Å². The third kappa shape index (κ3) is 5.03. The minimum Gasteiger partial charge on any atom is -0.491 e. The minimum atomic E-state index is -0.373. The number of amides is 2. The number of nitrogen functional groups attached to an aromatic ring is 1. The second-order valence-electron chi connectivity index (χ2n) is 7.50. The summed E-state index contributed by atoms with van der Waals surface area (Å²) >= 11 is 0. The third-order valence-electron chi connectivity index (χ3n) is 5.26. The van der Waals surface area contributed by atoms with Crippen molar-refractivity contribution in [3.8, 4) is 17.1 Å². The van der Waals surface area contributed by atoms with Gasteiger partial charge < -0.3 is 25.6 Å². The predicted molar refractivity (Wildman–Crippen MR) is 125 cm³/mol. The molecule has 2 amide bonds. The summed E-state index contributed by atoms with van der Waals surface area (Å²) in [5.41, 5.74) is 8.30. The highest BCUT2D eigenvalue weighted by molar-refractivity contribution is 5.99. The maximum Gasteiger partial charge on any atom is 0.324 e. The molecule has 1 saturated heterocycles. The van der Waals surface area contributed by atoms with Gasteiger partial charge in [-0.1, -0.05) is 0 Å². The van der Waals surface area contributed by atoms with E-state index in [2.05, 4.69) is 42.4 Å². The van der Waals surface area contributed by atoms with Crippen molar-refractivity contribution in [3.05, 3.63) is 48.8 Å². The van der Waals surface area contributed by atoms with Gasteiger partial charge in [0.15, 0.2) is 17.4 Å².